The van der Waals surface area contributed by atoms with Gasteiger partial charge in [-0.15, -0.1) is 11.3 Å². The zero-order valence-corrected chi connectivity index (χ0v) is 24.6. The maximum atomic E-state index is 13.4. The molecule has 42 heavy (non-hydrogen) atoms. The molecule has 2 aliphatic rings. The standard InChI is InChI=1S/C27H30F4N6O3S2/c1-34(20-9-5-7-16-6-3-4-8-17(16)20)26(39)19-15-41-27(32-19)36-11-10-35(14-23(36)42(2)40)22(38)13-37-21(25(30)31)12-18(33-37)24(28)29/h3-4,6,8,12,15,20,23-25H,5,7,9-11,13-14H2,1-2H3. The third-order valence-electron chi connectivity index (χ3n) is 7.72. The van der Waals surface area contributed by atoms with Crippen LogP contribution in [0.2, 0.25) is 0 Å². The number of hydrogen-bond acceptors (Lipinski definition) is 7. The maximum absolute atomic E-state index is 13.4. The molecule has 2 aromatic heterocycles. The summed E-state index contributed by atoms with van der Waals surface area (Å²) in [5, 5.41) is 4.96. The Morgan fingerprint density at radius 1 is 1.19 bits per heavy atom. The van der Waals surface area contributed by atoms with Gasteiger partial charge in [0.25, 0.3) is 18.8 Å². The summed E-state index contributed by atoms with van der Waals surface area (Å²) in [6, 6.07) is 8.64. The van der Waals surface area contributed by atoms with Gasteiger partial charge in [-0.1, -0.05) is 24.3 Å². The number of carbonyl (C=O) groups is 2. The quantitative estimate of drug-likeness (QED) is 0.271. The van der Waals surface area contributed by atoms with Gasteiger partial charge in [-0.2, -0.15) is 5.10 Å². The van der Waals surface area contributed by atoms with E-state index in [0.717, 1.165) is 24.8 Å². The van der Waals surface area contributed by atoms with E-state index in [0.29, 0.717) is 15.9 Å². The zero-order chi connectivity index (χ0) is 30.1. The van der Waals surface area contributed by atoms with Gasteiger partial charge in [0.2, 0.25) is 11.3 Å². The molecule has 5 rings (SSSR count). The van der Waals surface area contributed by atoms with Crippen LogP contribution in [0.15, 0.2) is 35.7 Å². The number of rotatable bonds is 8. The van der Waals surface area contributed by atoms with E-state index in [9.17, 15) is 31.7 Å². The SMILES string of the molecule is CN(C(=O)c1csc(N2CCN(C(=O)Cn3nc(C(F)F)cc3C(F)F)CC2[S+](C)[O-])n1)C1CCCc2ccccc21. The average molecular weight is 627 g/mol. The van der Waals surface area contributed by atoms with E-state index in [-0.39, 0.29) is 37.3 Å². The van der Waals surface area contributed by atoms with Crippen molar-refractivity contribution in [3.8, 4) is 0 Å². The highest BCUT2D eigenvalue weighted by atomic mass is 32.2. The molecule has 3 aromatic rings. The molecule has 0 radical (unpaired) electrons. The number of anilines is 1. The molecule has 9 nitrogen and oxygen atoms in total. The van der Waals surface area contributed by atoms with Gasteiger partial charge in [0.15, 0.2) is 5.13 Å². The Hall–Kier alpha value is -3.17. The molecular weight excluding hydrogens is 596 g/mol. The predicted molar refractivity (Wildman–Crippen MR) is 150 cm³/mol. The van der Waals surface area contributed by atoms with E-state index in [4.69, 9.17) is 0 Å². The monoisotopic (exact) mass is 626 g/mol. The molecule has 1 saturated heterocycles. The first kappa shape index (κ1) is 30.3. The summed E-state index contributed by atoms with van der Waals surface area (Å²) in [7, 11) is 1.77. The number of alkyl halides is 4. The zero-order valence-electron chi connectivity index (χ0n) is 23.0. The van der Waals surface area contributed by atoms with Crippen molar-refractivity contribution in [1.29, 1.82) is 0 Å². The van der Waals surface area contributed by atoms with Crippen LogP contribution in [0.25, 0.3) is 0 Å². The summed E-state index contributed by atoms with van der Waals surface area (Å²) in [4.78, 5) is 35.8. The van der Waals surface area contributed by atoms with Crippen molar-refractivity contribution in [1.82, 2.24) is 24.6 Å². The Bertz CT molecular complexity index is 1430. The number of hydrogen-bond donors (Lipinski definition) is 0. The van der Waals surface area contributed by atoms with Crippen LogP contribution in [0.5, 0.6) is 0 Å². The molecule has 1 aliphatic heterocycles. The van der Waals surface area contributed by atoms with Crippen molar-refractivity contribution in [2.24, 2.45) is 0 Å². The molecule has 3 atom stereocenters. The second-order valence-electron chi connectivity index (χ2n) is 10.3. The molecule has 226 valence electrons. The average Bonchev–Trinajstić information content (AvgIpc) is 3.64. The molecular formula is C27H30F4N6O3S2. The fourth-order valence-electron chi connectivity index (χ4n) is 5.52. The van der Waals surface area contributed by atoms with Gasteiger partial charge in [0.1, 0.15) is 23.6 Å². The van der Waals surface area contributed by atoms with Gasteiger partial charge in [0, 0.05) is 25.5 Å². The lowest BCUT2D eigenvalue weighted by atomic mass is 9.87. The molecule has 3 heterocycles. The van der Waals surface area contributed by atoms with Crippen molar-refractivity contribution in [3.05, 3.63) is 63.9 Å². The number of aryl methyl sites for hydroxylation is 1. The third kappa shape index (κ3) is 6.13. The smallest absolute Gasteiger partial charge is 0.282 e. The Balaban J connectivity index is 1.28. The van der Waals surface area contributed by atoms with Gasteiger partial charge in [-0.3, -0.25) is 19.2 Å². The molecule has 3 unspecified atom stereocenters. The summed E-state index contributed by atoms with van der Waals surface area (Å²) in [5.41, 5.74) is 1.05. The minimum absolute atomic E-state index is 0.00342. The predicted octanol–water partition coefficient (Wildman–Crippen LogP) is 4.42. The first-order valence-corrected chi connectivity index (χ1v) is 15.9. The molecule has 2 amide bonds. The summed E-state index contributed by atoms with van der Waals surface area (Å²) < 4.78 is 66.1. The van der Waals surface area contributed by atoms with E-state index >= 15 is 0 Å². The van der Waals surface area contributed by atoms with Crippen LogP contribution in [0.4, 0.5) is 22.7 Å². The molecule has 15 heteroatoms. The highest BCUT2D eigenvalue weighted by Gasteiger charge is 2.38. The lowest BCUT2D eigenvalue weighted by molar-refractivity contribution is -0.132. The fourth-order valence-corrected chi connectivity index (χ4v) is 7.41. The van der Waals surface area contributed by atoms with Gasteiger partial charge in [0.05, 0.1) is 18.8 Å². The van der Waals surface area contributed by atoms with Crippen molar-refractivity contribution in [3.63, 3.8) is 0 Å². The van der Waals surface area contributed by atoms with Gasteiger partial charge in [-0.25, -0.2) is 22.5 Å². The van der Waals surface area contributed by atoms with Gasteiger partial charge in [-0.05, 0) is 47.6 Å². The minimum Gasteiger partial charge on any atom is -0.615 e. The normalized spacial score (nSPS) is 19.7. The molecule has 0 saturated carbocycles. The van der Waals surface area contributed by atoms with Crippen LogP contribution in [0, 0.1) is 0 Å². The van der Waals surface area contributed by atoms with Gasteiger partial charge < -0.3 is 14.4 Å². The first-order valence-electron chi connectivity index (χ1n) is 13.4. The number of benzene rings is 1. The third-order valence-corrected chi connectivity index (χ3v) is 9.76. The molecule has 0 N–H and O–H groups in total. The molecule has 0 bridgehead atoms. The number of amides is 2. The fraction of sp³-hybridized carbons (Fsp3) is 0.481. The number of aromatic nitrogens is 3. The number of fused-ring (bicyclic) bond motifs is 1. The highest BCUT2D eigenvalue weighted by molar-refractivity contribution is 7.91. The first-order chi connectivity index (χ1) is 20.0. The molecule has 0 spiro atoms. The van der Waals surface area contributed by atoms with Crippen molar-refractivity contribution >= 4 is 39.5 Å². The summed E-state index contributed by atoms with van der Waals surface area (Å²) in [5.74, 6) is -0.834. The van der Waals surface area contributed by atoms with Gasteiger partial charge >= 0.3 is 0 Å². The van der Waals surface area contributed by atoms with E-state index in [1.165, 1.54) is 28.1 Å². The lowest BCUT2D eigenvalue weighted by Gasteiger charge is -2.40. The van der Waals surface area contributed by atoms with Crippen LogP contribution in [-0.2, 0) is 28.9 Å². The number of halogens is 4. The van der Waals surface area contributed by atoms with Crippen molar-refractivity contribution in [2.75, 3.05) is 37.8 Å². The second-order valence-corrected chi connectivity index (χ2v) is 12.7. The van der Waals surface area contributed by atoms with Crippen LogP contribution in [0.1, 0.15) is 64.7 Å². The van der Waals surface area contributed by atoms with E-state index in [1.807, 2.05) is 12.1 Å². The number of piperazine rings is 1. The van der Waals surface area contributed by atoms with Crippen LogP contribution in [-0.4, -0.2) is 79.2 Å². The summed E-state index contributed by atoms with van der Waals surface area (Å²) >= 11 is -0.218. The maximum Gasteiger partial charge on any atom is 0.282 e. The Kier molecular flexibility index (Phi) is 9.08. The second kappa shape index (κ2) is 12.6. The number of thiazole rings is 1. The van der Waals surface area contributed by atoms with Crippen LogP contribution in [0.3, 0.4) is 0 Å². The number of carbonyl (C=O) groups excluding carboxylic acids is 2. The Morgan fingerprint density at radius 3 is 2.67 bits per heavy atom. The summed E-state index contributed by atoms with van der Waals surface area (Å²) in [6.45, 7) is -0.272. The van der Waals surface area contributed by atoms with Crippen molar-refractivity contribution < 1.29 is 31.7 Å². The number of nitrogens with zero attached hydrogens (tertiary/aromatic N) is 6. The highest BCUT2D eigenvalue weighted by Crippen LogP contribution is 2.35. The largest absolute Gasteiger partial charge is 0.615 e. The van der Waals surface area contributed by atoms with E-state index in [2.05, 4.69) is 22.2 Å². The topological polar surface area (TPSA) is 97.6 Å². The minimum atomic E-state index is -3.08. The van der Waals surface area contributed by atoms with Crippen molar-refractivity contribution in [2.45, 2.75) is 50.1 Å². The van der Waals surface area contributed by atoms with Crippen LogP contribution < -0.4 is 4.90 Å². The lowest BCUT2D eigenvalue weighted by Crippen LogP contribution is -2.58. The summed E-state index contributed by atoms with van der Waals surface area (Å²) in [6.07, 6.45) is -1.85. The Morgan fingerprint density at radius 2 is 1.95 bits per heavy atom. The van der Waals surface area contributed by atoms with Crippen LogP contribution >= 0.6 is 11.3 Å². The molecule has 1 aromatic carbocycles. The molecule has 1 aliphatic carbocycles. The molecule has 1 fully saturated rings. The Labute approximate surface area is 247 Å². The van der Waals surface area contributed by atoms with E-state index < -0.39 is 53.2 Å². The van der Waals surface area contributed by atoms with E-state index in [1.54, 1.807) is 22.2 Å².